The molecule has 0 fully saturated rings. The average molecular weight is 457 g/mol. The quantitative estimate of drug-likeness (QED) is 0.606. The Morgan fingerprint density at radius 1 is 1.25 bits per heavy atom. The van der Waals surface area contributed by atoms with Gasteiger partial charge in [0.1, 0.15) is 18.7 Å². The Balaban J connectivity index is 1.72. The van der Waals surface area contributed by atoms with Gasteiger partial charge in [-0.15, -0.1) is 0 Å². The molecule has 2 N–H and O–H groups in total. The molecule has 0 bridgehead atoms. The van der Waals surface area contributed by atoms with Gasteiger partial charge >= 0.3 is 5.97 Å². The number of hydrogen-bond donors (Lipinski definition) is 2. The molecule has 2 atom stereocenters. The average Bonchev–Trinajstić information content (AvgIpc) is 3.08. The van der Waals surface area contributed by atoms with Crippen LogP contribution in [0.1, 0.15) is 36.0 Å². The maximum atomic E-state index is 13.4. The fourth-order valence-corrected chi connectivity index (χ4v) is 3.89. The van der Waals surface area contributed by atoms with Gasteiger partial charge in [0.2, 0.25) is 11.7 Å². The second kappa shape index (κ2) is 8.20. The third kappa shape index (κ3) is 3.78. The smallest absolute Gasteiger partial charge is 0.323 e. The van der Waals surface area contributed by atoms with Gasteiger partial charge in [0, 0.05) is 5.02 Å². The summed E-state index contributed by atoms with van der Waals surface area (Å²) in [5.74, 6) is -2.60. The van der Waals surface area contributed by atoms with Gasteiger partial charge in [-0.05, 0) is 37.6 Å². The van der Waals surface area contributed by atoms with Crippen molar-refractivity contribution in [2.75, 3.05) is 13.2 Å². The number of furan rings is 1. The Hall–Kier alpha value is -3.52. The minimum Gasteiger partial charge on any atom is -0.486 e. The van der Waals surface area contributed by atoms with Crippen LogP contribution in [0.4, 0.5) is 0 Å². The van der Waals surface area contributed by atoms with Crippen LogP contribution in [0.25, 0.3) is 11.0 Å². The number of carbonyl (C=O) groups is 3. The molecule has 2 heterocycles. The third-order valence-corrected chi connectivity index (χ3v) is 5.80. The summed E-state index contributed by atoms with van der Waals surface area (Å²) in [6.07, 6.45) is 0. The van der Waals surface area contributed by atoms with Crippen molar-refractivity contribution in [3.8, 4) is 5.75 Å². The second-order valence-electron chi connectivity index (χ2n) is 7.85. The first kappa shape index (κ1) is 21.7. The number of rotatable bonds is 5. The maximum absolute atomic E-state index is 13.4. The Morgan fingerprint density at radius 3 is 2.66 bits per heavy atom. The molecule has 1 aliphatic heterocycles. The minimum atomic E-state index is -1.61. The van der Waals surface area contributed by atoms with Gasteiger partial charge in [-0.2, -0.15) is 0 Å². The van der Waals surface area contributed by atoms with E-state index >= 15 is 0 Å². The highest BCUT2D eigenvalue weighted by molar-refractivity contribution is 6.31. The van der Waals surface area contributed by atoms with Crippen LogP contribution < -0.4 is 10.1 Å². The van der Waals surface area contributed by atoms with E-state index in [-0.39, 0.29) is 24.2 Å². The first-order valence-corrected chi connectivity index (χ1v) is 10.3. The van der Waals surface area contributed by atoms with E-state index in [1.807, 2.05) is 30.3 Å². The van der Waals surface area contributed by atoms with E-state index < -0.39 is 29.9 Å². The number of nitrogens with one attached hydrogen (secondary N) is 1. The van der Waals surface area contributed by atoms with Gasteiger partial charge in [-0.1, -0.05) is 41.9 Å². The highest BCUT2D eigenvalue weighted by Crippen LogP contribution is 2.39. The van der Waals surface area contributed by atoms with Crippen molar-refractivity contribution in [3.63, 3.8) is 0 Å². The Kier molecular flexibility index (Phi) is 5.56. The number of nitrogens with zero attached hydrogens (tertiary/aromatic N) is 1. The lowest BCUT2D eigenvalue weighted by Crippen LogP contribution is -2.62. The maximum Gasteiger partial charge on any atom is 0.323 e. The van der Waals surface area contributed by atoms with Crippen LogP contribution in [-0.2, 0) is 9.59 Å². The monoisotopic (exact) mass is 456 g/mol. The summed E-state index contributed by atoms with van der Waals surface area (Å²) in [6.45, 7) is 2.30. The highest BCUT2D eigenvalue weighted by atomic mass is 35.5. The van der Waals surface area contributed by atoms with Gasteiger partial charge < -0.3 is 24.5 Å². The van der Waals surface area contributed by atoms with E-state index in [0.717, 1.165) is 10.5 Å². The number of hydrogen-bond acceptors (Lipinski definition) is 5. The van der Waals surface area contributed by atoms with E-state index in [1.54, 1.807) is 25.1 Å². The van der Waals surface area contributed by atoms with Crippen molar-refractivity contribution in [2.24, 2.45) is 0 Å². The van der Waals surface area contributed by atoms with Gasteiger partial charge in [-0.3, -0.25) is 14.4 Å². The minimum absolute atomic E-state index is 0.135. The van der Waals surface area contributed by atoms with Crippen molar-refractivity contribution >= 4 is 40.4 Å². The van der Waals surface area contributed by atoms with Gasteiger partial charge in [0.15, 0.2) is 11.3 Å². The molecule has 1 aliphatic rings. The van der Waals surface area contributed by atoms with Crippen LogP contribution in [0.2, 0.25) is 5.02 Å². The number of aliphatic carboxylic acids is 1. The van der Waals surface area contributed by atoms with E-state index in [1.165, 1.54) is 6.92 Å². The molecule has 1 unspecified atom stereocenters. The lowest BCUT2D eigenvalue weighted by Gasteiger charge is -2.37. The number of benzene rings is 2. The number of carboxylic acids is 1. The molecule has 2 amide bonds. The lowest BCUT2D eigenvalue weighted by molar-refractivity contribution is -0.142. The van der Waals surface area contributed by atoms with Crippen molar-refractivity contribution in [1.29, 1.82) is 0 Å². The summed E-state index contributed by atoms with van der Waals surface area (Å²) in [4.78, 5) is 39.3. The third-order valence-electron chi connectivity index (χ3n) is 5.57. The number of ether oxygens (including phenoxy) is 1. The van der Waals surface area contributed by atoms with E-state index in [9.17, 15) is 19.5 Å². The van der Waals surface area contributed by atoms with E-state index in [2.05, 4.69) is 5.32 Å². The molecule has 0 saturated heterocycles. The number of carboxylic acid groups (broad SMARTS) is 1. The van der Waals surface area contributed by atoms with Gasteiger partial charge in [0.25, 0.3) is 5.91 Å². The van der Waals surface area contributed by atoms with Crippen LogP contribution in [0, 0.1) is 0 Å². The summed E-state index contributed by atoms with van der Waals surface area (Å²) in [5, 5.41) is 13.2. The predicted molar refractivity (Wildman–Crippen MR) is 117 cm³/mol. The molecule has 9 heteroatoms. The topological polar surface area (TPSA) is 109 Å². The standard InChI is InChI=1S/C23H21ClN2O6/c1-13(14-6-4-3-5-7-14)25-22(30)23(2)12-31-19-16-10-15(24)8-9-17(16)32-20(19)21(29)26(23)11-18(27)28/h3-10,13H,11-12H2,1-2H3,(H,25,30)(H,27,28)/t13-,23?/m0/s1. The molecular formula is C23H21ClN2O6. The largest absolute Gasteiger partial charge is 0.486 e. The molecule has 8 nitrogen and oxygen atoms in total. The highest BCUT2D eigenvalue weighted by Gasteiger charge is 2.49. The van der Waals surface area contributed by atoms with E-state index in [4.69, 9.17) is 20.8 Å². The fourth-order valence-electron chi connectivity index (χ4n) is 3.72. The van der Waals surface area contributed by atoms with Crippen LogP contribution in [-0.4, -0.2) is 46.5 Å². The fraction of sp³-hybridized carbons (Fsp3) is 0.261. The summed E-state index contributed by atoms with van der Waals surface area (Å²) >= 11 is 6.08. The van der Waals surface area contributed by atoms with Crippen molar-refractivity contribution < 1.29 is 28.6 Å². The van der Waals surface area contributed by atoms with Crippen LogP contribution in [0.15, 0.2) is 52.9 Å². The normalized spacial score (nSPS) is 19.1. The molecule has 2 aromatic carbocycles. The molecule has 1 aromatic heterocycles. The molecule has 3 aromatic rings. The van der Waals surface area contributed by atoms with Crippen LogP contribution >= 0.6 is 11.6 Å². The first-order chi connectivity index (χ1) is 15.2. The lowest BCUT2D eigenvalue weighted by atomic mass is 9.97. The van der Waals surface area contributed by atoms with Crippen molar-refractivity contribution in [2.45, 2.75) is 25.4 Å². The van der Waals surface area contributed by atoms with Crippen molar-refractivity contribution in [1.82, 2.24) is 10.2 Å². The number of halogens is 1. The summed E-state index contributed by atoms with van der Waals surface area (Å²) in [5.41, 5.74) is -0.373. The zero-order valence-corrected chi connectivity index (χ0v) is 18.2. The van der Waals surface area contributed by atoms with Crippen LogP contribution in [0.5, 0.6) is 5.75 Å². The molecule has 0 radical (unpaired) electrons. The summed E-state index contributed by atoms with van der Waals surface area (Å²) in [7, 11) is 0. The molecule has 0 aliphatic carbocycles. The van der Waals surface area contributed by atoms with Crippen molar-refractivity contribution in [3.05, 3.63) is 64.9 Å². The zero-order valence-electron chi connectivity index (χ0n) is 17.4. The number of carbonyl (C=O) groups excluding carboxylic acids is 2. The molecule has 166 valence electrons. The number of amides is 2. The molecule has 0 saturated carbocycles. The van der Waals surface area contributed by atoms with E-state index in [0.29, 0.717) is 16.0 Å². The Labute approximate surface area is 188 Å². The SMILES string of the molecule is C[C@H](NC(=O)C1(C)COc2c(oc3ccc(Cl)cc23)C(=O)N1CC(=O)O)c1ccccc1. The number of fused-ring (bicyclic) bond motifs is 3. The second-order valence-corrected chi connectivity index (χ2v) is 8.29. The zero-order chi connectivity index (χ0) is 23.0. The Bertz CT molecular complexity index is 1210. The van der Waals surface area contributed by atoms with Gasteiger partial charge in [0.05, 0.1) is 11.4 Å². The molecular weight excluding hydrogens is 436 g/mol. The summed E-state index contributed by atoms with van der Waals surface area (Å²) < 4.78 is 11.6. The molecule has 4 rings (SSSR count). The van der Waals surface area contributed by atoms with Gasteiger partial charge in [-0.25, -0.2) is 0 Å². The summed E-state index contributed by atoms with van der Waals surface area (Å²) in [6, 6.07) is 13.7. The molecule has 0 spiro atoms. The first-order valence-electron chi connectivity index (χ1n) is 9.95. The predicted octanol–water partition coefficient (Wildman–Crippen LogP) is 3.64. The molecule has 32 heavy (non-hydrogen) atoms. The Morgan fingerprint density at radius 2 is 1.97 bits per heavy atom. The van der Waals surface area contributed by atoms with Crippen LogP contribution in [0.3, 0.4) is 0 Å².